The summed E-state index contributed by atoms with van der Waals surface area (Å²) in [6.07, 6.45) is 1.09. The van der Waals surface area contributed by atoms with Gasteiger partial charge in [0, 0.05) is 45.7 Å². The lowest BCUT2D eigenvalue weighted by Crippen LogP contribution is -2.53. The fraction of sp³-hybridized carbons (Fsp3) is 0.600. The van der Waals surface area contributed by atoms with E-state index in [9.17, 15) is 18.0 Å². The van der Waals surface area contributed by atoms with Crippen LogP contribution in [0.2, 0.25) is 4.34 Å². The number of thiophene rings is 1. The average molecular weight is 423 g/mol. The van der Waals surface area contributed by atoms with E-state index in [-0.39, 0.29) is 42.2 Å². The number of halogens is 1. The zero-order chi connectivity index (χ0) is 19.2. The molecular weight excluding hydrogens is 400 g/mol. The van der Waals surface area contributed by atoms with Gasteiger partial charge in [-0.05, 0) is 18.6 Å². The minimum Gasteiger partial charge on any atom is -0.356 e. The van der Waals surface area contributed by atoms with Crippen molar-refractivity contribution in [3.8, 4) is 0 Å². The largest absolute Gasteiger partial charge is 0.356 e. The van der Waals surface area contributed by atoms with Crippen molar-refractivity contribution < 1.29 is 18.0 Å². The van der Waals surface area contributed by atoms with Crippen molar-refractivity contribution in [1.82, 2.24) is 19.8 Å². The van der Waals surface area contributed by atoms with E-state index in [2.05, 4.69) is 10.6 Å². The highest BCUT2D eigenvalue weighted by molar-refractivity contribution is 7.91. The highest BCUT2D eigenvalue weighted by Gasteiger charge is 2.31. The van der Waals surface area contributed by atoms with Crippen LogP contribution in [0.5, 0.6) is 0 Å². The summed E-state index contributed by atoms with van der Waals surface area (Å²) in [5, 5.41) is 5.43. The first-order chi connectivity index (χ1) is 12.3. The zero-order valence-electron chi connectivity index (χ0n) is 14.5. The standard InChI is InChI=1S/C15H23ClN4O4S2/c1-2-6-17-13(21)5-7-18-15(22)19-8-10-20(11-9-19)26(23,24)14-4-3-12(16)25-14/h3-4H,2,5-11H2,1H3,(H,17,21)(H,18,22). The third kappa shape index (κ3) is 5.57. The molecule has 0 aromatic carbocycles. The molecular formula is C15H23ClN4O4S2. The number of piperazine rings is 1. The van der Waals surface area contributed by atoms with Crippen LogP contribution in [-0.2, 0) is 14.8 Å². The van der Waals surface area contributed by atoms with Crippen LogP contribution in [0, 0.1) is 0 Å². The summed E-state index contributed by atoms with van der Waals surface area (Å²) in [5.41, 5.74) is 0. The molecule has 0 aliphatic carbocycles. The van der Waals surface area contributed by atoms with Gasteiger partial charge in [0.15, 0.2) is 0 Å². The van der Waals surface area contributed by atoms with Gasteiger partial charge in [0.25, 0.3) is 10.0 Å². The van der Waals surface area contributed by atoms with E-state index in [0.29, 0.717) is 24.0 Å². The van der Waals surface area contributed by atoms with Crippen molar-refractivity contribution in [3.05, 3.63) is 16.5 Å². The average Bonchev–Trinajstić information content (AvgIpc) is 3.07. The monoisotopic (exact) mass is 422 g/mol. The molecule has 2 heterocycles. The first-order valence-electron chi connectivity index (χ1n) is 8.39. The molecule has 1 aliphatic heterocycles. The summed E-state index contributed by atoms with van der Waals surface area (Å²) in [6.45, 7) is 3.89. The van der Waals surface area contributed by atoms with Gasteiger partial charge in [0.1, 0.15) is 4.21 Å². The maximum Gasteiger partial charge on any atom is 0.317 e. The number of nitrogens with one attached hydrogen (secondary N) is 2. The molecule has 1 saturated heterocycles. The Morgan fingerprint density at radius 2 is 1.85 bits per heavy atom. The van der Waals surface area contributed by atoms with Crippen LogP contribution in [0.3, 0.4) is 0 Å². The third-order valence-electron chi connectivity index (χ3n) is 3.87. The molecule has 0 radical (unpaired) electrons. The molecule has 2 N–H and O–H groups in total. The number of amides is 3. The van der Waals surface area contributed by atoms with Crippen LogP contribution in [0.25, 0.3) is 0 Å². The van der Waals surface area contributed by atoms with Gasteiger partial charge in [0.2, 0.25) is 5.91 Å². The highest BCUT2D eigenvalue weighted by Crippen LogP contribution is 2.28. The van der Waals surface area contributed by atoms with E-state index in [1.807, 2.05) is 6.92 Å². The van der Waals surface area contributed by atoms with Crippen molar-refractivity contribution in [3.63, 3.8) is 0 Å². The van der Waals surface area contributed by atoms with Crippen molar-refractivity contribution in [1.29, 1.82) is 0 Å². The van der Waals surface area contributed by atoms with Crippen LogP contribution >= 0.6 is 22.9 Å². The molecule has 11 heteroatoms. The van der Waals surface area contributed by atoms with Gasteiger partial charge in [-0.2, -0.15) is 4.31 Å². The molecule has 0 bridgehead atoms. The molecule has 0 atom stereocenters. The summed E-state index contributed by atoms with van der Waals surface area (Å²) >= 11 is 6.83. The van der Waals surface area contributed by atoms with Crippen molar-refractivity contribution in [2.24, 2.45) is 0 Å². The van der Waals surface area contributed by atoms with Gasteiger partial charge in [0.05, 0.1) is 4.34 Å². The molecule has 2 rings (SSSR count). The Bertz CT molecular complexity index is 730. The van der Waals surface area contributed by atoms with E-state index < -0.39 is 10.0 Å². The Morgan fingerprint density at radius 1 is 1.15 bits per heavy atom. The summed E-state index contributed by atoms with van der Waals surface area (Å²) in [5.74, 6) is -0.0994. The normalized spacial score (nSPS) is 15.7. The summed E-state index contributed by atoms with van der Waals surface area (Å²) < 4.78 is 27.0. The SMILES string of the molecule is CCCNC(=O)CCNC(=O)N1CCN(S(=O)(=O)c2ccc(Cl)s2)CC1. The van der Waals surface area contributed by atoms with E-state index in [1.165, 1.54) is 10.4 Å². The molecule has 1 aromatic rings. The fourth-order valence-corrected chi connectivity index (χ4v) is 5.50. The van der Waals surface area contributed by atoms with E-state index in [1.54, 1.807) is 11.0 Å². The second kappa shape index (κ2) is 9.54. The molecule has 1 aromatic heterocycles. The Hall–Kier alpha value is -1.36. The number of carbonyl (C=O) groups excluding carboxylic acids is 2. The van der Waals surface area contributed by atoms with Gasteiger partial charge in [-0.3, -0.25) is 4.79 Å². The second-order valence-corrected chi connectivity index (χ2v) is 9.66. The number of carbonyl (C=O) groups is 2. The third-order valence-corrected chi connectivity index (χ3v) is 7.47. The minimum atomic E-state index is -3.57. The molecule has 0 saturated carbocycles. The summed E-state index contributed by atoms with van der Waals surface area (Å²) in [6, 6.07) is 2.76. The first kappa shape index (κ1) is 20.9. The Labute approximate surface area is 162 Å². The predicted octanol–water partition coefficient (Wildman–Crippen LogP) is 1.33. The predicted molar refractivity (Wildman–Crippen MR) is 101 cm³/mol. The maximum atomic E-state index is 12.5. The van der Waals surface area contributed by atoms with Crippen LogP contribution in [0.4, 0.5) is 4.79 Å². The van der Waals surface area contributed by atoms with E-state index in [0.717, 1.165) is 17.8 Å². The van der Waals surface area contributed by atoms with Crippen LogP contribution in [-0.4, -0.2) is 68.8 Å². The Kier molecular flexibility index (Phi) is 7.69. The van der Waals surface area contributed by atoms with Crippen LogP contribution in [0.15, 0.2) is 16.3 Å². The molecule has 3 amide bonds. The Morgan fingerprint density at radius 3 is 2.42 bits per heavy atom. The molecule has 1 aliphatic rings. The fourth-order valence-electron chi connectivity index (χ4n) is 2.44. The first-order valence-corrected chi connectivity index (χ1v) is 11.0. The van der Waals surface area contributed by atoms with Crippen molar-refractivity contribution in [2.75, 3.05) is 39.3 Å². The van der Waals surface area contributed by atoms with Gasteiger partial charge in [-0.1, -0.05) is 18.5 Å². The van der Waals surface area contributed by atoms with E-state index in [4.69, 9.17) is 11.6 Å². The minimum absolute atomic E-state index is 0.0994. The van der Waals surface area contributed by atoms with Crippen molar-refractivity contribution in [2.45, 2.75) is 24.0 Å². The number of rotatable bonds is 7. The van der Waals surface area contributed by atoms with Crippen molar-refractivity contribution >= 4 is 44.9 Å². The van der Waals surface area contributed by atoms with Gasteiger partial charge in [-0.15, -0.1) is 11.3 Å². The highest BCUT2D eigenvalue weighted by atomic mass is 35.5. The maximum absolute atomic E-state index is 12.5. The number of nitrogens with zero attached hydrogens (tertiary/aromatic N) is 2. The molecule has 0 spiro atoms. The van der Waals surface area contributed by atoms with Gasteiger partial charge >= 0.3 is 6.03 Å². The second-order valence-electron chi connectivity index (χ2n) is 5.78. The number of hydrogen-bond donors (Lipinski definition) is 2. The smallest absolute Gasteiger partial charge is 0.317 e. The lowest BCUT2D eigenvalue weighted by atomic mass is 10.3. The number of urea groups is 1. The molecule has 8 nitrogen and oxygen atoms in total. The number of sulfonamides is 1. The Balaban J connectivity index is 1.77. The van der Waals surface area contributed by atoms with Crippen LogP contribution < -0.4 is 10.6 Å². The lowest BCUT2D eigenvalue weighted by molar-refractivity contribution is -0.120. The van der Waals surface area contributed by atoms with E-state index >= 15 is 0 Å². The molecule has 146 valence electrons. The summed E-state index contributed by atoms with van der Waals surface area (Å²) in [7, 11) is -3.57. The zero-order valence-corrected chi connectivity index (χ0v) is 16.9. The quantitative estimate of drug-likeness (QED) is 0.692. The molecule has 1 fully saturated rings. The molecule has 0 unspecified atom stereocenters. The van der Waals surface area contributed by atoms with Crippen LogP contribution in [0.1, 0.15) is 19.8 Å². The topological polar surface area (TPSA) is 98.8 Å². The lowest BCUT2D eigenvalue weighted by Gasteiger charge is -2.33. The summed E-state index contributed by atoms with van der Waals surface area (Å²) in [4.78, 5) is 25.2. The van der Waals surface area contributed by atoms with Gasteiger partial charge in [-0.25, -0.2) is 13.2 Å². The van der Waals surface area contributed by atoms with Gasteiger partial charge < -0.3 is 15.5 Å². The molecule has 26 heavy (non-hydrogen) atoms. The number of hydrogen-bond acceptors (Lipinski definition) is 5.